The summed E-state index contributed by atoms with van der Waals surface area (Å²) in [5.74, 6) is -0.0737. The highest BCUT2D eigenvalue weighted by atomic mass is 19.1. The lowest BCUT2D eigenvalue weighted by Crippen LogP contribution is -2.17. The van der Waals surface area contributed by atoms with Crippen LogP contribution in [0.4, 0.5) is 8.78 Å². The average molecular weight is 411 g/mol. The Morgan fingerprint density at radius 3 is 2.23 bits per heavy atom. The van der Waals surface area contributed by atoms with Crippen LogP contribution >= 0.6 is 0 Å². The van der Waals surface area contributed by atoms with Gasteiger partial charge in [0.2, 0.25) is 0 Å². The van der Waals surface area contributed by atoms with Crippen LogP contribution < -0.4 is 9.47 Å². The molecule has 4 heteroatoms. The maximum absolute atomic E-state index is 14.1. The van der Waals surface area contributed by atoms with E-state index in [0.29, 0.717) is 6.61 Å². The molecule has 3 aromatic rings. The summed E-state index contributed by atoms with van der Waals surface area (Å²) in [6, 6.07) is 19.0. The van der Waals surface area contributed by atoms with Crippen molar-refractivity contribution in [1.82, 2.24) is 0 Å². The summed E-state index contributed by atoms with van der Waals surface area (Å²) < 4.78 is 38.9. The molecule has 3 aromatic carbocycles. The van der Waals surface area contributed by atoms with Crippen LogP contribution in [-0.4, -0.2) is 6.61 Å². The Kier molecular flexibility index (Phi) is 7.09. The Balaban J connectivity index is 1.62. The lowest BCUT2D eigenvalue weighted by atomic mass is 9.80. The Labute approximate surface area is 177 Å². The van der Waals surface area contributed by atoms with Crippen molar-refractivity contribution in [2.45, 2.75) is 45.4 Å². The third-order valence-corrected chi connectivity index (χ3v) is 5.27. The van der Waals surface area contributed by atoms with E-state index in [1.165, 1.54) is 23.8 Å². The van der Waals surface area contributed by atoms with Crippen molar-refractivity contribution in [3.8, 4) is 17.2 Å². The van der Waals surface area contributed by atoms with E-state index in [0.717, 1.165) is 30.6 Å². The van der Waals surface area contributed by atoms with Crippen molar-refractivity contribution in [2.75, 3.05) is 6.61 Å². The average Bonchev–Trinajstić information content (AvgIpc) is 2.72. The first kappa shape index (κ1) is 21.8. The molecule has 0 amide bonds. The van der Waals surface area contributed by atoms with Gasteiger partial charge >= 0.3 is 0 Å². The first-order valence-electron chi connectivity index (χ1n) is 10.3. The normalized spacial score (nSPS) is 11.4. The molecule has 0 bridgehead atoms. The summed E-state index contributed by atoms with van der Waals surface area (Å²) in [5, 5.41) is 0. The summed E-state index contributed by atoms with van der Waals surface area (Å²) in [6.45, 7) is 7.07. The molecule has 0 aromatic heterocycles. The highest BCUT2D eigenvalue weighted by molar-refractivity contribution is 5.36. The molecule has 158 valence electrons. The van der Waals surface area contributed by atoms with Gasteiger partial charge in [0.1, 0.15) is 5.75 Å². The van der Waals surface area contributed by atoms with E-state index in [4.69, 9.17) is 9.47 Å². The number of benzene rings is 3. The molecule has 0 aliphatic rings. The zero-order chi connectivity index (χ0) is 21.6. The van der Waals surface area contributed by atoms with Gasteiger partial charge in [-0.1, -0.05) is 44.2 Å². The lowest BCUT2D eigenvalue weighted by Gasteiger charge is -2.25. The molecule has 0 atom stereocenters. The number of hydrogen-bond donors (Lipinski definition) is 0. The minimum absolute atomic E-state index is 0.0112. The molecule has 0 saturated heterocycles. The molecule has 30 heavy (non-hydrogen) atoms. The molecule has 3 rings (SSSR count). The Bertz CT molecular complexity index is 965. The quantitative estimate of drug-likeness (QED) is 0.364. The van der Waals surface area contributed by atoms with Crippen molar-refractivity contribution < 1.29 is 18.3 Å². The fourth-order valence-corrected chi connectivity index (χ4v) is 3.48. The van der Waals surface area contributed by atoms with Crippen LogP contribution in [0.2, 0.25) is 0 Å². The van der Waals surface area contributed by atoms with Crippen molar-refractivity contribution in [3.63, 3.8) is 0 Å². The number of para-hydroxylation sites is 1. The van der Waals surface area contributed by atoms with E-state index >= 15 is 0 Å². The monoisotopic (exact) mass is 410 g/mol. The van der Waals surface area contributed by atoms with Crippen LogP contribution in [0.15, 0.2) is 66.7 Å². The van der Waals surface area contributed by atoms with Crippen LogP contribution in [0.5, 0.6) is 17.2 Å². The van der Waals surface area contributed by atoms with Crippen LogP contribution in [0.1, 0.15) is 44.7 Å². The van der Waals surface area contributed by atoms with Gasteiger partial charge < -0.3 is 9.47 Å². The second kappa shape index (κ2) is 9.75. The fourth-order valence-electron chi connectivity index (χ4n) is 3.48. The van der Waals surface area contributed by atoms with Gasteiger partial charge in [0.05, 0.1) is 6.61 Å². The first-order valence-corrected chi connectivity index (χ1v) is 10.3. The maximum Gasteiger partial charge on any atom is 0.165 e. The van der Waals surface area contributed by atoms with E-state index in [9.17, 15) is 8.78 Å². The van der Waals surface area contributed by atoms with Gasteiger partial charge in [0.15, 0.2) is 23.1 Å². The second-order valence-electron chi connectivity index (χ2n) is 7.99. The number of hydrogen-bond acceptors (Lipinski definition) is 2. The predicted molar refractivity (Wildman–Crippen MR) is 116 cm³/mol. The first-order chi connectivity index (χ1) is 14.4. The molecule has 0 spiro atoms. The van der Waals surface area contributed by atoms with Gasteiger partial charge in [0.25, 0.3) is 0 Å². The van der Waals surface area contributed by atoms with E-state index in [1.54, 1.807) is 24.3 Å². The topological polar surface area (TPSA) is 18.5 Å². The SMILES string of the molecule is CCOc1ccc(C(C)(C)CCCc2ccc(F)c(Oc3ccccc3F)c2)cc1. The largest absolute Gasteiger partial charge is 0.494 e. The van der Waals surface area contributed by atoms with E-state index in [-0.39, 0.29) is 16.9 Å². The highest BCUT2D eigenvalue weighted by Crippen LogP contribution is 2.32. The minimum Gasteiger partial charge on any atom is -0.494 e. The molecule has 0 N–H and O–H groups in total. The van der Waals surface area contributed by atoms with Crippen molar-refractivity contribution in [1.29, 1.82) is 0 Å². The lowest BCUT2D eigenvalue weighted by molar-refractivity contribution is 0.339. The third kappa shape index (κ3) is 5.59. The fraction of sp³-hybridized carbons (Fsp3) is 0.308. The Morgan fingerprint density at radius 1 is 0.833 bits per heavy atom. The van der Waals surface area contributed by atoms with Crippen LogP contribution in [0.3, 0.4) is 0 Å². The smallest absolute Gasteiger partial charge is 0.165 e. The zero-order valence-corrected chi connectivity index (χ0v) is 17.8. The molecule has 0 heterocycles. The molecule has 0 aliphatic carbocycles. The second-order valence-corrected chi connectivity index (χ2v) is 7.99. The van der Waals surface area contributed by atoms with Crippen molar-refractivity contribution >= 4 is 0 Å². The Morgan fingerprint density at radius 2 is 1.53 bits per heavy atom. The van der Waals surface area contributed by atoms with Crippen LogP contribution in [-0.2, 0) is 11.8 Å². The number of halogens is 2. The Hall–Kier alpha value is -2.88. The third-order valence-electron chi connectivity index (χ3n) is 5.27. The molecular weight excluding hydrogens is 382 g/mol. The van der Waals surface area contributed by atoms with Crippen molar-refractivity contribution in [3.05, 3.63) is 89.5 Å². The van der Waals surface area contributed by atoms with Crippen molar-refractivity contribution in [2.24, 2.45) is 0 Å². The van der Waals surface area contributed by atoms with E-state index < -0.39 is 11.6 Å². The molecule has 0 fully saturated rings. The molecule has 0 radical (unpaired) electrons. The number of aryl methyl sites for hydroxylation is 1. The molecular formula is C26H28F2O2. The standard InChI is InChI=1S/C26H28F2O2/c1-4-29-21-14-12-20(13-15-21)26(2,3)17-7-8-19-11-16-23(28)25(18-19)30-24-10-6-5-9-22(24)27/h5-6,9-16,18H,4,7-8,17H2,1-3H3. The van der Waals surface area contributed by atoms with E-state index in [2.05, 4.69) is 26.0 Å². The summed E-state index contributed by atoms with van der Waals surface area (Å²) in [5.41, 5.74) is 2.23. The van der Waals surface area contributed by atoms with E-state index in [1.807, 2.05) is 19.1 Å². The van der Waals surface area contributed by atoms with Gasteiger partial charge in [-0.05, 0) is 79.1 Å². The summed E-state index contributed by atoms with van der Waals surface area (Å²) in [4.78, 5) is 0. The van der Waals surface area contributed by atoms with Gasteiger partial charge in [0, 0.05) is 0 Å². The van der Waals surface area contributed by atoms with Gasteiger partial charge in [-0.15, -0.1) is 0 Å². The van der Waals surface area contributed by atoms with Gasteiger partial charge in [-0.3, -0.25) is 0 Å². The van der Waals surface area contributed by atoms with Crippen LogP contribution in [0.25, 0.3) is 0 Å². The zero-order valence-electron chi connectivity index (χ0n) is 17.8. The molecule has 2 nitrogen and oxygen atoms in total. The number of rotatable bonds is 9. The highest BCUT2D eigenvalue weighted by Gasteiger charge is 2.20. The van der Waals surface area contributed by atoms with Gasteiger partial charge in [-0.25, -0.2) is 8.78 Å². The molecule has 0 unspecified atom stereocenters. The minimum atomic E-state index is -0.514. The predicted octanol–water partition coefficient (Wildman–Crippen LogP) is 7.46. The maximum atomic E-state index is 14.1. The summed E-state index contributed by atoms with van der Waals surface area (Å²) in [6.07, 6.45) is 2.70. The summed E-state index contributed by atoms with van der Waals surface area (Å²) in [7, 11) is 0. The molecule has 0 aliphatic heterocycles. The summed E-state index contributed by atoms with van der Waals surface area (Å²) >= 11 is 0. The number of ether oxygens (including phenoxy) is 2. The molecule has 0 saturated carbocycles. The van der Waals surface area contributed by atoms with Gasteiger partial charge in [-0.2, -0.15) is 0 Å². The van der Waals surface area contributed by atoms with Crippen LogP contribution in [0, 0.1) is 11.6 Å².